The molecule has 0 saturated carbocycles. The Labute approximate surface area is 170 Å². The molecule has 1 heterocycles. The largest absolute Gasteiger partial charge is 0.416 e. The van der Waals surface area contributed by atoms with Crippen LogP contribution in [0.1, 0.15) is 32.5 Å². The van der Waals surface area contributed by atoms with Gasteiger partial charge in [0.1, 0.15) is 6.10 Å². The number of nitrogens with one attached hydrogen (secondary N) is 1. The van der Waals surface area contributed by atoms with Crippen LogP contribution in [0, 0.1) is 0 Å². The summed E-state index contributed by atoms with van der Waals surface area (Å²) < 4.78 is 64.7. The Bertz CT molecular complexity index is 1050. The molecule has 3 rings (SSSR count). The van der Waals surface area contributed by atoms with E-state index < -0.39 is 33.6 Å². The lowest BCUT2D eigenvalue weighted by atomic mass is 10.1. The summed E-state index contributed by atoms with van der Waals surface area (Å²) in [5.74, 6) is -0.421. The molecule has 1 unspecified atom stereocenters. The average Bonchev–Trinajstić information content (AvgIpc) is 3.15. The summed E-state index contributed by atoms with van der Waals surface area (Å²) in [4.78, 5) is 1.40. The zero-order chi connectivity index (χ0) is 21.1. The average molecular weight is 441 g/mol. The van der Waals surface area contributed by atoms with E-state index in [-0.39, 0.29) is 12.1 Å². The van der Waals surface area contributed by atoms with Gasteiger partial charge in [0.15, 0.2) is 0 Å². The van der Waals surface area contributed by atoms with Crippen LogP contribution in [0.5, 0.6) is 0 Å². The molecule has 3 aromatic rings. The number of sulfonamides is 1. The minimum atomic E-state index is -4.46. The Morgan fingerprint density at radius 1 is 0.966 bits per heavy atom. The Morgan fingerprint density at radius 2 is 1.62 bits per heavy atom. The van der Waals surface area contributed by atoms with Gasteiger partial charge in [-0.1, -0.05) is 42.5 Å². The van der Waals surface area contributed by atoms with E-state index in [1.165, 1.54) is 11.3 Å². The Balaban J connectivity index is 1.60. The Kier molecular flexibility index (Phi) is 6.42. The van der Waals surface area contributed by atoms with Crippen LogP contribution in [-0.2, 0) is 28.5 Å². The van der Waals surface area contributed by atoms with E-state index in [1.807, 2.05) is 18.2 Å². The van der Waals surface area contributed by atoms with Crippen LogP contribution in [0.4, 0.5) is 13.2 Å². The molecule has 154 valence electrons. The quantitative estimate of drug-likeness (QED) is 0.569. The lowest BCUT2D eigenvalue weighted by Crippen LogP contribution is -2.24. The number of hydrogen-bond acceptors (Lipinski definition) is 4. The molecule has 0 amide bonds. The van der Waals surface area contributed by atoms with Gasteiger partial charge in [0.2, 0.25) is 10.0 Å². The van der Waals surface area contributed by atoms with E-state index in [4.69, 9.17) is 0 Å². The maximum absolute atomic E-state index is 12.6. The summed E-state index contributed by atoms with van der Waals surface area (Å²) in [6.07, 6.45) is -5.25. The van der Waals surface area contributed by atoms with Crippen molar-refractivity contribution in [1.29, 1.82) is 0 Å². The van der Waals surface area contributed by atoms with Crippen molar-refractivity contribution in [1.82, 2.24) is 4.72 Å². The number of alkyl halides is 3. The highest BCUT2D eigenvalue weighted by Gasteiger charge is 2.30. The molecule has 2 N–H and O–H groups in total. The zero-order valence-electron chi connectivity index (χ0n) is 15.1. The van der Waals surface area contributed by atoms with Crippen molar-refractivity contribution >= 4 is 21.4 Å². The van der Waals surface area contributed by atoms with Gasteiger partial charge >= 0.3 is 6.18 Å². The van der Waals surface area contributed by atoms with Crippen molar-refractivity contribution in [2.45, 2.75) is 24.6 Å². The number of halogens is 3. The molecular weight excluding hydrogens is 423 g/mol. The molecule has 0 aliphatic carbocycles. The fourth-order valence-corrected chi connectivity index (χ4v) is 4.84. The maximum Gasteiger partial charge on any atom is 0.416 e. The molecule has 0 fully saturated rings. The molecule has 0 bridgehead atoms. The minimum Gasteiger partial charge on any atom is -0.383 e. The summed E-state index contributed by atoms with van der Waals surface area (Å²) in [5, 5.41) is 10.4. The van der Waals surface area contributed by atoms with Gasteiger partial charge in [0.25, 0.3) is 0 Å². The third-order valence-corrected chi connectivity index (χ3v) is 6.61. The van der Waals surface area contributed by atoms with Crippen LogP contribution in [0.15, 0.2) is 66.7 Å². The summed E-state index contributed by atoms with van der Waals surface area (Å²) in [6, 6.07) is 16.6. The van der Waals surface area contributed by atoms with Gasteiger partial charge in [-0.2, -0.15) is 13.2 Å². The van der Waals surface area contributed by atoms with Crippen LogP contribution in [-0.4, -0.2) is 13.5 Å². The fraction of sp³-hybridized carbons (Fsp3) is 0.200. The molecule has 9 heteroatoms. The van der Waals surface area contributed by atoms with E-state index in [1.54, 1.807) is 24.3 Å². The van der Waals surface area contributed by atoms with Crippen LogP contribution < -0.4 is 4.72 Å². The lowest BCUT2D eigenvalue weighted by molar-refractivity contribution is -0.137. The van der Waals surface area contributed by atoms with E-state index in [0.717, 1.165) is 29.8 Å². The van der Waals surface area contributed by atoms with Crippen LogP contribution in [0.2, 0.25) is 0 Å². The van der Waals surface area contributed by atoms with Crippen LogP contribution in [0.25, 0.3) is 0 Å². The molecule has 0 spiro atoms. The van der Waals surface area contributed by atoms with Gasteiger partial charge in [0, 0.05) is 16.3 Å². The third kappa shape index (κ3) is 5.89. The normalized spacial score (nSPS) is 13.4. The molecule has 0 saturated heterocycles. The van der Waals surface area contributed by atoms with Gasteiger partial charge in [-0.3, -0.25) is 0 Å². The van der Waals surface area contributed by atoms with Gasteiger partial charge in [-0.25, -0.2) is 13.1 Å². The predicted molar refractivity (Wildman–Crippen MR) is 106 cm³/mol. The monoisotopic (exact) mass is 441 g/mol. The summed E-state index contributed by atoms with van der Waals surface area (Å²) >= 11 is 1.29. The molecule has 4 nitrogen and oxygen atoms in total. The minimum absolute atomic E-state index is 0.0368. The van der Waals surface area contributed by atoms with E-state index in [9.17, 15) is 26.7 Å². The SMILES string of the molecule is O=S(=O)(Cc1ccc(C(F)(F)F)cc1)NCc1ccc(C(O)c2ccccc2)s1. The first-order chi connectivity index (χ1) is 13.6. The lowest BCUT2D eigenvalue weighted by Gasteiger charge is -2.09. The molecule has 0 aliphatic heterocycles. The highest BCUT2D eigenvalue weighted by Crippen LogP contribution is 2.30. The van der Waals surface area contributed by atoms with Crippen LogP contribution in [0.3, 0.4) is 0 Å². The molecule has 1 atom stereocenters. The van der Waals surface area contributed by atoms with Crippen molar-refractivity contribution < 1.29 is 26.7 Å². The number of aliphatic hydroxyl groups excluding tert-OH is 1. The Morgan fingerprint density at radius 3 is 2.24 bits per heavy atom. The highest BCUT2D eigenvalue weighted by atomic mass is 32.2. The maximum atomic E-state index is 12.6. The molecule has 1 aromatic heterocycles. The second-order valence-corrected chi connectivity index (χ2v) is 9.40. The number of rotatable bonds is 7. The smallest absolute Gasteiger partial charge is 0.383 e. The summed E-state index contributed by atoms with van der Waals surface area (Å²) in [6.45, 7) is 0.0368. The second kappa shape index (κ2) is 8.66. The van der Waals surface area contributed by atoms with Gasteiger partial charge in [-0.15, -0.1) is 11.3 Å². The molecule has 2 aromatic carbocycles. The topological polar surface area (TPSA) is 66.4 Å². The standard InChI is InChI=1S/C20H18F3NO3S2/c21-20(22,23)16-8-6-14(7-9-16)13-29(26,27)24-12-17-10-11-18(28-17)19(25)15-4-2-1-3-5-15/h1-11,19,24-25H,12-13H2. The summed E-state index contributed by atoms with van der Waals surface area (Å²) in [5.41, 5.74) is 0.176. The molecule has 0 aliphatic rings. The molecule has 0 radical (unpaired) electrons. The summed E-state index contributed by atoms with van der Waals surface area (Å²) in [7, 11) is -3.73. The van der Waals surface area contributed by atoms with E-state index in [2.05, 4.69) is 4.72 Å². The number of hydrogen-bond donors (Lipinski definition) is 2. The van der Waals surface area contributed by atoms with Gasteiger partial charge in [0.05, 0.1) is 11.3 Å². The predicted octanol–water partition coefficient (Wildman–Crippen LogP) is 4.47. The number of benzene rings is 2. The van der Waals surface area contributed by atoms with Crippen molar-refractivity contribution in [3.63, 3.8) is 0 Å². The molecule has 29 heavy (non-hydrogen) atoms. The first-order valence-electron chi connectivity index (χ1n) is 8.59. The highest BCUT2D eigenvalue weighted by molar-refractivity contribution is 7.88. The fourth-order valence-electron chi connectivity index (χ4n) is 2.68. The van der Waals surface area contributed by atoms with E-state index >= 15 is 0 Å². The van der Waals surface area contributed by atoms with Crippen molar-refractivity contribution in [2.75, 3.05) is 0 Å². The second-order valence-electron chi connectivity index (χ2n) is 6.39. The van der Waals surface area contributed by atoms with Gasteiger partial charge in [-0.05, 0) is 35.4 Å². The van der Waals surface area contributed by atoms with Gasteiger partial charge < -0.3 is 5.11 Å². The number of thiophene rings is 1. The first kappa shape index (κ1) is 21.5. The van der Waals surface area contributed by atoms with Crippen molar-refractivity contribution in [3.05, 3.63) is 93.2 Å². The Hall–Kier alpha value is -2.20. The first-order valence-corrected chi connectivity index (χ1v) is 11.1. The molecular formula is C20H18F3NO3S2. The third-order valence-electron chi connectivity index (χ3n) is 4.17. The van der Waals surface area contributed by atoms with Crippen LogP contribution >= 0.6 is 11.3 Å². The zero-order valence-corrected chi connectivity index (χ0v) is 16.7. The number of aliphatic hydroxyl groups is 1. The van der Waals surface area contributed by atoms with Crippen molar-refractivity contribution in [2.24, 2.45) is 0 Å². The van der Waals surface area contributed by atoms with Crippen molar-refractivity contribution in [3.8, 4) is 0 Å². The van der Waals surface area contributed by atoms with E-state index in [0.29, 0.717) is 9.75 Å².